The number of nitrogens with zero attached hydrogens (tertiary/aromatic N) is 2. The normalized spacial score (nSPS) is 12.9. The number of aliphatic hydroxyl groups is 1. The van der Waals surface area contributed by atoms with Crippen LogP contribution in [0.25, 0.3) is 0 Å². The van der Waals surface area contributed by atoms with Crippen LogP contribution >= 0.6 is 22.9 Å². The van der Waals surface area contributed by atoms with Gasteiger partial charge in [0.2, 0.25) is 0 Å². The van der Waals surface area contributed by atoms with E-state index < -0.39 is 6.10 Å². The summed E-state index contributed by atoms with van der Waals surface area (Å²) < 4.78 is 6.71. The summed E-state index contributed by atoms with van der Waals surface area (Å²) in [6, 6.07) is 0. The smallest absolute Gasteiger partial charge is 0.123 e. The lowest BCUT2D eigenvalue weighted by molar-refractivity contribution is 0.171. The zero-order chi connectivity index (χ0) is 13.1. The molecule has 18 heavy (non-hydrogen) atoms. The van der Waals surface area contributed by atoms with Crippen molar-refractivity contribution in [2.24, 2.45) is 0 Å². The number of halogens is 1. The lowest BCUT2D eigenvalue weighted by atomic mass is 10.1. The molecular formula is C12H15ClN2O2S. The Morgan fingerprint density at radius 2 is 2.33 bits per heavy atom. The van der Waals surface area contributed by atoms with Crippen molar-refractivity contribution in [2.45, 2.75) is 19.6 Å². The summed E-state index contributed by atoms with van der Waals surface area (Å²) >= 11 is 7.67. The molecule has 1 unspecified atom stereocenters. The van der Waals surface area contributed by atoms with E-state index in [1.165, 1.54) is 0 Å². The fourth-order valence-electron chi connectivity index (χ4n) is 1.80. The number of aromatic nitrogens is 2. The maximum absolute atomic E-state index is 10.4. The summed E-state index contributed by atoms with van der Waals surface area (Å²) in [5.41, 5.74) is 2.55. The van der Waals surface area contributed by atoms with Crippen LogP contribution in [0.4, 0.5) is 0 Å². The second kappa shape index (κ2) is 5.84. The molecule has 0 bridgehead atoms. The van der Waals surface area contributed by atoms with E-state index in [9.17, 15) is 5.11 Å². The number of aryl methyl sites for hydroxylation is 1. The van der Waals surface area contributed by atoms with Crippen molar-refractivity contribution in [3.8, 4) is 0 Å². The average Bonchev–Trinajstić information content (AvgIpc) is 2.92. The minimum Gasteiger partial charge on any atom is -0.383 e. The summed E-state index contributed by atoms with van der Waals surface area (Å²) in [5.74, 6) is 0. The molecule has 0 fully saturated rings. The topological polar surface area (TPSA) is 47.3 Å². The highest BCUT2D eigenvalue weighted by Gasteiger charge is 2.21. The molecule has 2 aromatic rings. The molecule has 0 saturated carbocycles. The molecule has 0 spiro atoms. The molecule has 0 aliphatic heterocycles. The van der Waals surface area contributed by atoms with Gasteiger partial charge in [0.1, 0.15) is 6.10 Å². The predicted molar refractivity (Wildman–Crippen MR) is 72.2 cm³/mol. The van der Waals surface area contributed by atoms with Crippen molar-refractivity contribution in [3.05, 3.63) is 38.8 Å². The predicted octanol–water partition coefficient (Wildman–Crippen LogP) is 2.63. The van der Waals surface area contributed by atoms with Gasteiger partial charge in [0, 0.05) is 12.7 Å². The van der Waals surface area contributed by atoms with Crippen LogP contribution in [0.15, 0.2) is 17.0 Å². The summed E-state index contributed by atoms with van der Waals surface area (Å²) in [5, 5.41) is 19.0. The number of aliphatic hydroxyl groups excluding tert-OH is 1. The molecule has 2 aromatic heterocycles. The molecule has 0 amide bonds. The van der Waals surface area contributed by atoms with Crippen molar-refractivity contribution < 1.29 is 9.84 Å². The van der Waals surface area contributed by atoms with Gasteiger partial charge in [0.25, 0.3) is 0 Å². The molecule has 1 atom stereocenters. The number of thiophene rings is 1. The van der Waals surface area contributed by atoms with Gasteiger partial charge in [-0.05, 0) is 23.2 Å². The second-order valence-corrected chi connectivity index (χ2v) is 5.16. The van der Waals surface area contributed by atoms with Crippen LogP contribution in [0.1, 0.15) is 22.9 Å². The Morgan fingerprint density at radius 1 is 1.56 bits per heavy atom. The lowest BCUT2D eigenvalue weighted by Crippen LogP contribution is -2.13. The first-order valence-corrected chi connectivity index (χ1v) is 6.88. The third kappa shape index (κ3) is 2.59. The lowest BCUT2D eigenvalue weighted by Gasteiger charge is -2.14. The largest absolute Gasteiger partial charge is 0.383 e. The number of rotatable bonds is 5. The van der Waals surface area contributed by atoms with Gasteiger partial charge in [-0.3, -0.25) is 4.68 Å². The summed E-state index contributed by atoms with van der Waals surface area (Å²) in [6.07, 6.45) is 0.806. The Bertz CT molecular complexity index is 524. The van der Waals surface area contributed by atoms with Gasteiger partial charge in [-0.2, -0.15) is 16.4 Å². The number of methoxy groups -OCH3 is 1. The summed E-state index contributed by atoms with van der Waals surface area (Å²) in [6.45, 7) is 3.07. The van der Waals surface area contributed by atoms with Crippen molar-refractivity contribution in [3.63, 3.8) is 0 Å². The number of ether oxygens (including phenoxy) is 1. The zero-order valence-electron chi connectivity index (χ0n) is 10.3. The van der Waals surface area contributed by atoms with E-state index in [1.54, 1.807) is 29.3 Å². The maximum Gasteiger partial charge on any atom is 0.123 e. The van der Waals surface area contributed by atoms with Gasteiger partial charge in [-0.1, -0.05) is 11.6 Å². The highest BCUT2D eigenvalue weighted by Crippen LogP contribution is 2.31. The molecule has 0 aliphatic carbocycles. The Balaban J connectivity index is 2.32. The first-order valence-electron chi connectivity index (χ1n) is 5.56. The fraction of sp³-hybridized carbons (Fsp3) is 0.417. The Labute approximate surface area is 115 Å². The van der Waals surface area contributed by atoms with Crippen LogP contribution in [0.2, 0.25) is 5.02 Å². The van der Waals surface area contributed by atoms with Gasteiger partial charge in [0.15, 0.2) is 0 Å². The van der Waals surface area contributed by atoms with Crippen LogP contribution in [0.3, 0.4) is 0 Å². The van der Waals surface area contributed by atoms with Crippen molar-refractivity contribution in [1.29, 1.82) is 0 Å². The quantitative estimate of drug-likeness (QED) is 0.919. The SMILES string of the molecule is COCCn1ncc(Cl)c1C(O)c1cscc1C. The molecule has 6 heteroatoms. The van der Waals surface area contributed by atoms with Crippen molar-refractivity contribution in [1.82, 2.24) is 9.78 Å². The number of hydrogen-bond donors (Lipinski definition) is 1. The van der Waals surface area contributed by atoms with E-state index in [1.807, 2.05) is 17.7 Å². The molecule has 1 N–H and O–H groups in total. The summed E-state index contributed by atoms with van der Waals surface area (Å²) in [4.78, 5) is 0. The van der Waals surface area contributed by atoms with Crippen LogP contribution in [0.5, 0.6) is 0 Å². The molecule has 0 radical (unpaired) electrons. The average molecular weight is 287 g/mol. The van der Waals surface area contributed by atoms with Gasteiger partial charge in [-0.25, -0.2) is 0 Å². The van der Waals surface area contributed by atoms with Gasteiger partial charge >= 0.3 is 0 Å². The van der Waals surface area contributed by atoms with E-state index >= 15 is 0 Å². The van der Waals surface area contributed by atoms with Crippen LogP contribution in [0, 0.1) is 6.92 Å². The van der Waals surface area contributed by atoms with Crippen LogP contribution < -0.4 is 0 Å². The number of hydrogen-bond acceptors (Lipinski definition) is 4. The molecule has 0 saturated heterocycles. The molecule has 4 nitrogen and oxygen atoms in total. The van der Waals surface area contributed by atoms with E-state index in [4.69, 9.17) is 16.3 Å². The standard InChI is InChI=1S/C12H15ClN2O2S/c1-8-6-18-7-9(8)12(16)11-10(13)5-14-15(11)3-4-17-2/h5-7,12,16H,3-4H2,1-2H3. The Kier molecular flexibility index (Phi) is 4.40. The minimum atomic E-state index is -0.747. The van der Waals surface area contributed by atoms with E-state index in [-0.39, 0.29) is 0 Å². The highest BCUT2D eigenvalue weighted by molar-refractivity contribution is 7.08. The van der Waals surface area contributed by atoms with Gasteiger partial charge in [0.05, 0.1) is 30.1 Å². The highest BCUT2D eigenvalue weighted by atomic mass is 35.5. The van der Waals surface area contributed by atoms with Crippen LogP contribution in [-0.2, 0) is 11.3 Å². The third-order valence-corrected chi connectivity index (χ3v) is 3.96. The summed E-state index contributed by atoms with van der Waals surface area (Å²) in [7, 11) is 1.63. The Hall–Kier alpha value is -0.880. The monoisotopic (exact) mass is 286 g/mol. The molecular weight excluding hydrogens is 272 g/mol. The molecule has 98 valence electrons. The Morgan fingerprint density at radius 3 is 2.94 bits per heavy atom. The molecule has 0 aliphatic rings. The first kappa shape index (κ1) is 13.5. The van der Waals surface area contributed by atoms with Gasteiger partial charge in [-0.15, -0.1) is 0 Å². The van der Waals surface area contributed by atoms with Gasteiger partial charge < -0.3 is 9.84 Å². The molecule has 0 aromatic carbocycles. The van der Waals surface area contributed by atoms with E-state index in [2.05, 4.69) is 5.10 Å². The van der Waals surface area contributed by atoms with Crippen molar-refractivity contribution in [2.75, 3.05) is 13.7 Å². The van der Waals surface area contributed by atoms with E-state index in [0.717, 1.165) is 11.1 Å². The van der Waals surface area contributed by atoms with E-state index in [0.29, 0.717) is 23.9 Å². The zero-order valence-corrected chi connectivity index (χ0v) is 11.8. The maximum atomic E-state index is 10.4. The fourth-order valence-corrected chi connectivity index (χ4v) is 2.91. The van der Waals surface area contributed by atoms with Crippen LogP contribution in [-0.4, -0.2) is 28.6 Å². The molecule has 2 heterocycles. The first-order chi connectivity index (χ1) is 8.65. The minimum absolute atomic E-state index is 0.476. The third-order valence-electron chi connectivity index (χ3n) is 2.79. The van der Waals surface area contributed by atoms with Crippen molar-refractivity contribution >= 4 is 22.9 Å². The second-order valence-electron chi connectivity index (χ2n) is 4.01. The molecule has 2 rings (SSSR count).